The van der Waals surface area contributed by atoms with E-state index in [0.29, 0.717) is 5.75 Å². The third-order valence-electron chi connectivity index (χ3n) is 2.83. The molecule has 0 aliphatic rings. The van der Waals surface area contributed by atoms with Crippen molar-refractivity contribution in [2.75, 3.05) is 20.3 Å². The van der Waals surface area contributed by atoms with Crippen molar-refractivity contribution < 1.29 is 28.1 Å². The molecule has 0 aliphatic carbocycles. The zero-order valence-corrected chi connectivity index (χ0v) is 12.0. The third-order valence-corrected chi connectivity index (χ3v) is 2.83. The number of rotatable bonds is 7. The van der Waals surface area contributed by atoms with Gasteiger partial charge < -0.3 is 19.3 Å². The zero-order valence-electron chi connectivity index (χ0n) is 12.0. The van der Waals surface area contributed by atoms with Crippen molar-refractivity contribution in [2.45, 2.75) is 6.10 Å². The van der Waals surface area contributed by atoms with Crippen molar-refractivity contribution in [3.63, 3.8) is 0 Å². The molecule has 0 bridgehead atoms. The zero-order chi connectivity index (χ0) is 15.9. The Morgan fingerprint density at radius 1 is 1.00 bits per heavy atom. The smallest absolute Gasteiger partial charge is 0.197 e. The van der Waals surface area contributed by atoms with E-state index in [-0.39, 0.29) is 30.5 Å². The Bertz CT molecular complexity index is 602. The van der Waals surface area contributed by atoms with Gasteiger partial charge in [-0.25, -0.2) is 8.78 Å². The lowest BCUT2D eigenvalue weighted by molar-refractivity contribution is 0.0601. The predicted molar refractivity (Wildman–Crippen MR) is 76.3 cm³/mol. The molecule has 118 valence electrons. The second-order valence-electron chi connectivity index (χ2n) is 4.50. The number of halogens is 2. The number of benzene rings is 2. The monoisotopic (exact) mass is 310 g/mol. The average molecular weight is 310 g/mol. The van der Waals surface area contributed by atoms with E-state index in [1.54, 1.807) is 6.07 Å². The van der Waals surface area contributed by atoms with Gasteiger partial charge in [-0.1, -0.05) is 6.07 Å². The van der Waals surface area contributed by atoms with Gasteiger partial charge in [0.05, 0.1) is 7.11 Å². The maximum Gasteiger partial charge on any atom is 0.197 e. The average Bonchev–Trinajstić information content (AvgIpc) is 2.53. The van der Waals surface area contributed by atoms with E-state index >= 15 is 0 Å². The summed E-state index contributed by atoms with van der Waals surface area (Å²) in [5.74, 6) is -0.352. The van der Waals surface area contributed by atoms with Crippen molar-refractivity contribution in [1.82, 2.24) is 0 Å². The van der Waals surface area contributed by atoms with E-state index in [4.69, 9.17) is 14.2 Å². The van der Waals surface area contributed by atoms with Crippen LogP contribution in [0, 0.1) is 11.6 Å². The molecule has 0 saturated heterocycles. The lowest BCUT2D eigenvalue weighted by atomic mass is 10.3. The first-order chi connectivity index (χ1) is 10.6. The summed E-state index contributed by atoms with van der Waals surface area (Å²) in [4.78, 5) is 0. The van der Waals surface area contributed by atoms with E-state index in [0.717, 1.165) is 0 Å². The summed E-state index contributed by atoms with van der Waals surface area (Å²) in [5.41, 5.74) is 0. The summed E-state index contributed by atoms with van der Waals surface area (Å²) >= 11 is 0. The van der Waals surface area contributed by atoms with Crippen LogP contribution in [0.25, 0.3) is 0 Å². The minimum Gasteiger partial charge on any atom is -0.493 e. The third kappa shape index (κ3) is 4.33. The highest BCUT2D eigenvalue weighted by Gasteiger charge is 2.13. The Hall–Kier alpha value is -2.34. The number of para-hydroxylation sites is 1. The van der Waals surface area contributed by atoms with Crippen molar-refractivity contribution in [3.05, 3.63) is 54.1 Å². The Kier molecular flexibility index (Phi) is 5.55. The number of ether oxygens (including phenoxy) is 3. The first kappa shape index (κ1) is 16.0. The second kappa shape index (κ2) is 7.61. The van der Waals surface area contributed by atoms with Crippen LogP contribution in [0.15, 0.2) is 42.5 Å². The minimum atomic E-state index is -0.977. The summed E-state index contributed by atoms with van der Waals surface area (Å²) < 4.78 is 41.9. The Morgan fingerprint density at radius 2 is 1.68 bits per heavy atom. The highest BCUT2D eigenvalue weighted by molar-refractivity contribution is 5.40. The first-order valence-electron chi connectivity index (χ1n) is 6.62. The van der Waals surface area contributed by atoms with E-state index in [2.05, 4.69) is 0 Å². The molecule has 6 heteroatoms. The van der Waals surface area contributed by atoms with Crippen LogP contribution in [0.1, 0.15) is 0 Å². The van der Waals surface area contributed by atoms with Gasteiger partial charge in [0, 0.05) is 0 Å². The molecule has 0 radical (unpaired) electrons. The molecular formula is C16H16F2O4. The molecule has 2 aromatic carbocycles. The van der Waals surface area contributed by atoms with Gasteiger partial charge in [-0.3, -0.25) is 0 Å². The van der Waals surface area contributed by atoms with E-state index in [1.165, 1.54) is 43.5 Å². The second-order valence-corrected chi connectivity index (χ2v) is 4.50. The highest BCUT2D eigenvalue weighted by atomic mass is 19.1. The summed E-state index contributed by atoms with van der Waals surface area (Å²) in [7, 11) is 1.40. The number of hydrogen-bond donors (Lipinski definition) is 1. The molecule has 22 heavy (non-hydrogen) atoms. The van der Waals surface area contributed by atoms with Crippen LogP contribution in [0.4, 0.5) is 8.78 Å². The fourth-order valence-electron chi connectivity index (χ4n) is 1.74. The van der Waals surface area contributed by atoms with Crippen LogP contribution in [0.2, 0.25) is 0 Å². The molecule has 1 N–H and O–H groups in total. The van der Waals surface area contributed by atoms with Gasteiger partial charge in [-0.15, -0.1) is 0 Å². The van der Waals surface area contributed by atoms with Gasteiger partial charge in [0.2, 0.25) is 0 Å². The van der Waals surface area contributed by atoms with Gasteiger partial charge in [-0.2, -0.15) is 0 Å². The molecule has 1 atom stereocenters. The van der Waals surface area contributed by atoms with Crippen molar-refractivity contribution in [3.8, 4) is 17.2 Å². The molecule has 0 saturated carbocycles. The Balaban J connectivity index is 1.85. The highest BCUT2D eigenvalue weighted by Crippen LogP contribution is 2.29. The fourth-order valence-corrected chi connectivity index (χ4v) is 1.74. The lowest BCUT2D eigenvalue weighted by Crippen LogP contribution is -2.25. The number of aliphatic hydroxyl groups excluding tert-OH is 1. The largest absolute Gasteiger partial charge is 0.493 e. The molecule has 2 aromatic rings. The van der Waals surface area contributed by atoms with Crippen LogP contribution in [0.5, 0.6) is 17.2 Å². The van der Waals surface area contributed by atoms with E-state index in [1.807, 2.05) is 0 Å². The first-order valence-corrected chi connectivity index (χ1v) is 6.62. The van der Waals surface area contributed by atoms with Gasteiger partial charge in [0.25, 0.3) is 0 Å². The fraction of sp³-hybridized carbons (Fsp3) is 0.250. The van der Waals surface area contributed by atoms with Gasteiger partial charge >= 0.3 is 0 Å². The van der Waals surface area contributed by atoms with Crippen LogP contribution in [0.3, 0.4) is 0 Å². The van der Waals surface area contributed by atoms with Crippen LogP contribution < -0.4 is 14.2 Å². The Labute approximate surface area is 126 Å². The summed E-state index contributed by atoms with van der Waals surface area (Å²) in [6.45, 7) is -0.235. The standard InChI is InChI=1S/C16H16F2O4/c1-20-15-4-2-3-14(18)16(15)22-10-12(19)9-21-13-7-5-11(17)6-8-13/h2-8,12,19H,9-10H2,1H3. The number of hydrogen-bond acceptors (Lipinski definition) is 4. The number of methoxy groups -OCH3 is 1. The van der Waals surface area contributed by atoms with Crippen LogP contribution in [-0.4, -0.2) is 31.5 Å². The topological polar surface area (TPSA) is 47.9 Å². The normalized spacial score (nSPS) is 11.8. The van der Waals surface area contributed by atoms with Gasteiger partial charge in [-0.05, 0) is 36.4 Å². The quantitative estimate of drug-likeness (QED) is 0.854. The molecule has 0 spiro atoms. The van der Waals surface area contributed by atoms with Gasteiger partial charge in [0.1, 0.15) is 30.9 Å². The molecule has 0 aliphatic heterocycles. The lowest BCUT2D eigenvalue weighted by Gasteiger charge is -2.15. The van der Waals surface area contributed by atoms with Crippen LogP contribution >= 0.6 is 0 Å². The summed E-state index contributed by atoms with van der Waals surface area (Å²) in [6, 6.07) is 9.69. The minimum absolute atomic E-state index is 0.0640. The predicted octanol–water partition coefficient (Wildman–Crippen LogP) is 2.79. The van der Waals surface area contributed by atoms with Crippen molar-refractivity contribution in [1.29, 1.82) is 0 Å². The van der Waals surface area contributed by atoms with Gasteiger partial charge in [0.15, 0.2) is 17.3 Å². The molecule has 0 heterocycles. The molecule has 0 aromatic heterocycles. The van der Waals surface area contributed by atoms with E-state index in [9.17, 15) is 13.9 Å². The molecule has 0 amide bonds. The number of aliphatic hydroxyl groups is 1. The Morgan fingerprint density at radius 3 is 2.36 bits per heavy atom. The van der Waals surface area contributed by atoms with E-state index < -0.39 is 11.9 Å². The molecule has 0 fully saturated rings. The van der Waals surface area contributed by atoms with Crippen molar-refractivity contribution in [2.24, 2.45) is 0 Å². The van der Waals surface area contributed by atoms with Crippen LogP contribution in [-0.2, 0) is 0 Å². The SMILES string of the molecule is COc1cccc(F)c1OCC(O)COc1ccc(F)cc1. The maximum absolute atomic E-state index is 13.6. The summed E-state index contributed by atoms with van der Waals surface area (Å²) in [5, 5.41) is 9.79. The molecule has 1 unspecified atom stereocenters. The summed E-state index contributed by atoms with van der Waals surface area (Å²) in [6.07, 6.45) is -0.977. The van der Waals surface area contributed by atoms with Crippen molar-refractivity contribution >= 4 is 0 Å². The molecular weight excluding hydrogens is 294 g/mol. The molecule has 2 rings (SSSR count). The maximum atomic E-state index is 13.6. The molecule has 4 nitrogen and oxygen atoms in total.